The first-order chi connectivity index (χ1) is 12.4. The van der Waals surface area contributed by atoms with Gasteiger partial charge >= 0.3 is 0 Å². The van der Waals surface area contributed by atoms with Gasteiger partial charge in [-0.1, -0.05) is 101 Å². The van der Waals surface area contributed by atoms with Gasteiger partial charge in [-0.05, 0) is 53.4 Å². The fourth-order valence-electron chi connectivity index (χ4n) is 4.97. The van der Waals surface area contributed by atoms with Crippen LogP contribution in [0.2, 0.25) is 0 Å². The van der Waals surface area contributed by atoms with E-state index in [1.165, 1.54) is 75.3 Å². The van der Waals surface area contributed by atoms with Gasteiger partial charge in [-0.25, -0.2) is 0 Å². The van der Waals surface area contributed by atoms with Crippen molar-refractivity contribution in [1.82, 2.24) is 6.15 Å². The number of rotatable bonds is 4. The summed E-state index contributed by atoms with van der Waals surface area (Å²) in [6, 6.07) is 20.5. The zero-order valence-corrected chi connectivity index (χ0v) is 16.7. The lowest BCUT2D eigenvalue weighted by atomic mass is 9.99. The van der Waals surface area contributed by atoms with Gasteiger partial charge in [-0.15, -0.1) is 0 Å². The van der Waals surface area contributed by atoms with Gasteiger partial charge in [0.25, 0.3) is 0 Å². The highest BCUT2D eigenvalue weighted by molar-refractivity contribution is 7.67. The van der Waals surface area contributed by atoms with Crippen molar-refractivity contribution in [2.24, 2.45) is 0 Å². The molecule has 137 valence electrons. The summed E-state index contributed by atoms with van der Waals surface area (Å²) < 4.78 is 0. The topological polar surface area (TPSA) is 30.5 Å². The van der Waals surface area contributed by atoms with E-state index in [0.29, 0.717) is 0 Å². The predicted molar refractivity (Wildman–Crippen MR) is 114 cm³/mol. The number of hydrogen-bond acceptors (Lipinski definition) is 0. The second-order valence-corrected chi connectivity index (χ2v) is 10.6. The Morgan fingerprint density at radius 3 is 1.65 bits per heavy atom. The monoisotopic (exact) mass is 364 g/mol. The highest BCUT2D eigenvalue weighted by atomic mass is 31.1. The Bertz CT molecular complexity index is 639. The van der Waals surface area contributed by atoms with Gasteiger partial charge < -0.3 is 0 Å². The smallest absolute Gasteiger partial charge is 0 e. The highest BCUT2D eigenvalue weighted by Gasteiger charge is 2.33. The summed E-state index contributed by atoms with van der Waals surface area (Å²) in [7, 11) is -0.0365. The molecule has 0 spiro atoms. The third-order valence-corrected chi connectivity index (χ3v) is 9.76. The average molecular weight is 364 g/mol. The van der Waals surface area contributed by atoms with Crippen molar-refractivity contribution in [3.63, 3.8) is 0 Å². The lowest BCUT2D eigenvalue weighted by Gasteiger charge is -2.39. The molecule has 0 heterocycles. The Kier molecular flexibility index (Phi) is 7.29. The zero-order valence-electron chi connectivity index (χ0n) is 15.8. The molecule has 0 N–H and O–H groups in total. The molecule has 2 saturated carbocycles. The molecule has 2 aliphatic rings. The maximum Gasteiger partial charge on any atom is 0 e. The first kappa shape index (κ1) is 19.6. The van der Waals surface area contributed by atoms with Crippen LogP contribution in [0.3, 0.4) is 0 Å². The molecule has 2 heteroatoms. The summed E-state index contributed by atoms with van der Waals surface area (Å²) in [5, 5.41) is 1.71. The van der Waals surface area contributed by atoms with Crippen LogP contribution in [-0.2, 0) is 0 Å². The summed E-state index contributed by atoms with van der Waals surface area (Å²) in [6.45, 7) is 0. The normalized spacial score (nSPS) is 19.3. The lowest BCUT2D eigenvalue weighted by molar-refractivity contribution is 0.487. The second-order valence-electron chi connectivity index (χ2n) is 7.87. The molecule has 0 bridgehead atoms. The zero-order chi connectivity index (χ0) is 16.9. The Labute approximate surface area is 160 Å². The van der Waals surface area contributed by atoms with Crippen LogP contribution in [0.5, 0.6) is 0 Å². The van der Waals surface area contributed by atoms with Gasteiger partial charge in [0.2, 0.25) is 0 Å². The Balaban J connectivity index is 0.00000196. The minimum atomic E-state index is -0.0365. The molecule has 2 aliphatic carbocycles. The molecule has 0 aromatic heterocycles. The molecule has 0 saturated heterocycles. The SMILES string of the molecule is [N].c1ccc(-c2ccccc2P(C2CCCCC2)C2CCCCC2)cc1. The molecule has 2 fully saturated rings. The van der Waals surface area contributed by atoms with E-state index in [0.717, 1.165) is 11.3 Å². The van der Waals surface area contributed by atoms with Crippen LogP contribution < -0.4 is 11.5 Å². The minimum Gasteiger partial charge on any atom is -0.0683 e. The third-order valence-electron chi connectivity index (χ3n) is 6.20. The summed E-state index contributed by atoms with van der Waals surface area (Å²) in [6.07, 6.45) is 14.7. The van der Waals surface area contributed by atoms with Crippen molar-refractivity contribution in [1.29, 1.82) is 0 Å². The van der Waals surface area contributed by atoms with E-state index in [1.54, 1.807) is 5.30 Å². The molecule has 4 rings (SSSR count). The van der Waals surface area contributed by atoms with Gasteiger partial charge in [0.1, 0.15) is 0 Å². The quantitative estimate of drug-likeness (QED) is 0.544. The molecular weight excluding hydrogens is 333 g/mol. The lowest BCUT2D eigenvalue weighted by Crippen LogP contribution is -2.27. The summed E-state index contributed by atoms with van der Waals surface area (Å²) >= 11 is 0. The van der Waals surface area contributed by atoms with Crippen LogP contribution in [0.15, 0.2) is 54.6 Å². The molecule has 0 amide bonds. The van der Waals surface area contributed by atoms with E-state index >= 15 is 0 Å². The van der Waals surface area contributed by atoms with Crippen molar-refractivity contribution in [3.8, 4) is 11.1 Å². The fraction of sp³-hybridized carbons (Fsp3) is 0.500. The van der Waals surface area contributed by atoms with E-state index in [1.807, 2.05) is 0 Å². The maximum absolute atomic E-state index is 2.48. The van der Waals surface area contributed by atoms with E-state index in [9.17, 15) is 0 Å². The minimum absolute atomic E-state index is 0. The fourth-order valence-corrected chi connectivity index (χ4v) is 8.94. The average Bonchev–Trinajstić information content (AvgIpc) is 2.71. The largest absolute Gasteiger partial charge is 0.0683 e. The van der Waals surface area contributed by atoms with Gasteiger partial charge in [0.15, 0.2) is 0 Å². The van der Waals surface area contributed by atoms with Crippen LogP contribution in [0.4, 0.5) is 0 Å². The van der Waals surface area contributed by atoms with Crippen LogP contribution in [0.25, 0.3) is 11.1 Å². The first-order valence-corrected chi connectivity index (χ1v) is 11.8. The molecule has 26 heavy (non-hydrogen) atoms. The van der Waals surface area contributed by atoms with Crippen LogP contribution in [-0.4, -0.2) is 11.3 Å². The number of benzene rings is 2. The van der Waals surface area contributed by atoms with Crippen molar-refractivity contribution < 1.29 is 0 Å². The van der Waals surface area contributed by atoms with Crippen LogP contribution in [0, 0.1) is 0 Å². The van der Waals surface area contributed by atoms with Gasteiger partial charge in [-0.3, -0.25) is 0 Å². The summed E-state index contributed by atoms with van der Waals surface area (Å²) in [4.78, 5) is 0. The Morgan fingerprint density at radius 2 is 1.08 bits per heavy atom. The molecular formula is C24H31NP. The summed E-state index contributed by atoms with van der Waals surface area (Å²) in [5.74, 6) is 0. The van der Waals surface area contributed by atoms with Crippen LogP contribution >= 0.6 is 7.92 Å². The van der Waals surface area contributed by atoms with Gasteiger partial charge in [0, 0.05) is 6.15 Å². The van der Waals surface area contributed by atoms with Gasteiger partial charge in [0.05, 0.1) is 0 Å². The van der Waals surface area contributed by atoms with Gasteiger partial charge in [-0.2, -0.15) is 0 Å². The molecule has 0 aliphatic heterocycles. The van der Waals surface area contributed by atoms with E-state index in [4.69, 9.17) is 0 Å². The Morgan fingerprint density at radius 1 is 0.577 bits per heavy atom. The molecule has 2 aromatic carbocycles. The number of hydrogen-bond donors (Lipinski definition) is 0. The first-order valence-electron chi connectivity index (χ1n) is 10.4. The van der Waals surface area contributed by atoms with Crippen molar-refractivity contribution >= 4 is 13.2 Å². The van der Waals surface area contributed by atoms with E-state index in [2.05, 4.69) is 54.6 Å². The van der Waals surface area contributed by atoms with E-state index in [-0.39, 0.29) is 14.1 Å². The maximum atomic E-state index is 2.48. The van der Waals surface area contributed by atoms with Crippen molar-refractivity contribution in [2.45, 2.75) is 75.5 Å². The van der Waals surface area contributed by atoms with Crippen molar-refractivity contribution in [2.75, 3.05) is 0 Å². The molecule has 0 unspecified atom stereocenters. The second kappa shape index (κ2) is 9.67. The Hall–Kier alpha value is -1.17. The predicted octanol–water partition coefficient (Wildman–Crippen LogP) is 6.65. The molecule has 3 radical (unpaired) electrons. The van der Waals surface area contributed by atoms with Crippen LogP contribution in [0.1, 0.15) is 64.2 Å². The van der Waals surface area contributed by atoms with Crippen molar-refractivity contribution in [3.05, 3.63) is 54.6 Å². The number of nitrogens with zero attached hydrogens (tertiary/aromatic N) is 1. The molecule has 1 nitrogen and oxygen atoms in total. The standard InChI is InChI=1S/C24H31P.N/c1-4-12-20(13-5-1)23-18-10-11-19-24(23)25(21-14-6-2-7-15-21)22-16-8-3-9-17-22;/h1,4-5,10-13,18-19,21-22H,2-3,6-9,14-17H2;. The van der Waals surface area contributed by atoms with E-state index < -0.39 is 0 Å². The third kappa shape index (κ3) is 4.38. The highest BCUT2D eigenvalue weighted by Crippen LogP contribution is 2.56. The molecule has 0 atom stereocenters. The molecule has 2 aromatic rings. The summed E-state index contributed by atoms with van der Waals surface area (Å²) in [5.41, 5.74) is 4.87.